The van der Waals surface area contributed by atoms with Gasteiger partial charge in [0.1, 0.15) is 0 Å². The van der Waals surface area contributed by atoms with Gasteiger partial charge in [0.15, 0.2) is 0 Å². The number of carbonyl (C=O) groups excluding carboxylic acids is 2. The third-order valence-corrected chi connectivity index (χ3v) is 3.35. The molecule has 0 atom stereocenters. The summed E-state index contributed by atoms with van der Waals surface area (Å²) in [6, 6.07) is 0.232. The summed E-state index contributed by atoms with van der Waals surface area (Å²) in [7, 11) is 0. The van der Waals surface area contributed by atoms with Gasteiger partial charge in [-0.2, -0.15) is 0 Å². The van der Waals surface area contributed by atoms with E-state index in [9.17, 15) is 9.59 Å². The second-order valence-corrected chi connectivity index (χ2v) is 5.53. The Bertz CT molecular complexity index is 297. The minimum Gasteiger partial charge on any atom is -0.343 e. The Balaban J connectivity index is 2.25. The van der Waals surface area contributed by atoms with E-state index in [1.807, 2.05) is 18.7 Å². The predicted octanol–water partition coefficient (Wildman–Crippen LogP) is 1.88. The SMILES string of the molecule is CCCCC(=O)N1CCC(NC(=O)NC(C)C)CC1. The number of rotatable bonds is 5. The van der Waals surface area contributed by atoms with Crippen LogP contribution in [0.3, 0.4) is 0 Å². The van der Waals surface area contributed by atoms with Gasteiger partial charge in [0, 0.05) is 31.6 Å². The van der Waals surface area contributed by atoms with Gasteiger partial charge in [-0.05, 0) is 33.1 Å². The van der Waals surface area contributed by atoms with Crippen molar-refractivity contribution in [1.29, 1.82) is 0 Å². The quantitative estimate of drug-likeness (QED) is 0.800. The van der Waals surface area contributed by atoms with Crippen molar-refractivity contribution in [3.05, 3.63) is 0 Å². The van der Waals surface area contributed by atoms with Gasteiger partial charge in [-0.3, -0.25) is 4.79 Å². The van der Waals surface area contributed by atoms with Crippen molar-refractivity contribution >= 4 is 11.9 Å². The topological polar surface area (TPSA) is 61.4 Å². The molecule has 1 aliphatic rings. The lowest BCUT2D eigenvalue weighted by Crippen LogP contribution is -2.50. The summed E-state index contributed by atoms with van der Waals surface area (Å²) < 4.78 is 0. The number of hydrogen-bond acceptors (Lipinski definition) is 2. The number of amides is 3. The zero-order valence-corrected chi connectivity index (χ0v) is 12.4. The number of likely N-dealkylation sites (tertiary alicyclic amines) is 1. The molecular weight excluding hydrogens is 242 g/mol. The van der Waals surface area contributed by atoms with Crippen molar-refractivity contribution < 1.29 is 9.59 Å². The van der Waals surface area contributed by atoms with Crippen LogP contribution in [0.4, 0.5) is 4.79 Å². The highest BCUT2D eigenvalue weighted by molar-refractivity contribution is 5.76. The maximum atomic E-state index is 11.9. The summed E-state index contributed by atoms with van der Waals surface area (Å²) in [5.74, 6) is 0.256. The molecular formula is C14H27N3O2. The molecule has 0 aromatic rings. The van der Waals surface area contributed by atoms with E-state index >= 15 is 0 Å². The van der Waals surface area contributed by atoms with E-state index in [2.05, 4.69) is 17.6 Å². The van der Waals surface area contributed by atoms with Gasteiger partial charge in [-0.15, -0.1) is 0 Å². The van der Waals surface area contributed by atoms with Gasteiger partial charge in [-0.25, -0.2) is 4.79 Å². The second kappa shape index (κ2) is 8.02. The van der Waals surface area contributed by atoms with Crippen molar-refractivity contribution in [3.8, 4) is 0 Å². The first kappa shape index (κ1) is 15.8. The summed E-state index contributed by atoms with van der Waals surface area (Å²) in [5.41, 5.74) is 0. The molecule has 0 saturated carbocycles. The minimum atomic E-state index is -0.106. The monoisotopic (exact) mass is 269 g/mol. The minimum absolute atomic E-state index is 0.106. The zero-order chi connectivity index (χ0) is 14.3. The molecule has 1 aliphatic heterocycles. The Morgan fingerprint density at radius 3 is 2.42 bits per heavy atom. The van der Waals surface area contributed by atoms with Crippen LogP contribution in [0, 0.1) is 0 Å². The molecule has 1 heterocycles. The highest BCUT2D eigenvalue weighted by Crippen LogP contribution is 2.12. The summed E-state index contributed by atoms with van der Waals surface area (Å²) >= 11 is 0. The summed E-state index contributed by atoms with van der Waals surface area (Å²) in [6.07, 6.45) is 4.38. The van der Waals surface area contributed by atoms with E-state index in [1.54, 1.807) is 0 Å². The van der Waals surface area contributed by atoms with Crippen LogP contribution in [0.5, 0.6) is 0 Å². The highest BCUT2D eigenvalue weighted by atomic mass is 16.2. The Kier molecular flexibility index (Phi) is 6.67. The van der Waals surface area contributed by atoms with Crippen LogP contribution >= 0.6 is 0 Å². The average molecular weight is 269 g/mol. The standard InChI is InChI=1S/C14H27N3O2/c1-4-5-6-13(18)17-9-7-12(8-10-17)16-14(19)15-11(2)3/h11-12H,4-10H2,1-3H3,(H2,15,16,19). The fourth-order valence-corrected chi connectivity index (χ4v) is 2.25. The lowest BCUT2D eigenvalue weighted by molar-refractivity contribution is -0.132. The van der Waals surface area contributed by atoms with E-state index < -0.39 is 0 Å². The number of hydrogen-bond donors (Lipinski definition) is 2. The Hall–Kier alpha value is -1.26. The molecule has 0 radical (unpaired) electrons. The normalized spacial score (nSPS) is 16.5. The molecule has 5 heteroatoms. The van der Waals surface area contributed by atoms with E-state index in [4.69, 9.17) is 0 Å². The molecule has 1 fully saturated rings. The predicted molar refractivity (Wildman–Crippen MR) is 75.9 cm³/mol. The largest absolute Gasteiger partial charge is 0.343 e. The van der Waals surface area contributed by atoms with Crippen molar-refractivity contribution in [2.75, 3.05) is 13.1 Å². The van der Waals surface area contributed by atoms with E-state index in [0.717, 1.165) is 38.8 Å². The first-order valence-corrected chi connectivity index (χ1v) is 7.37. The van der Waals surface area contributed by atoms with Crippen LogP contribution in [-0.2, 0) is 4.79 Å². The van der Waals surface area contributed by atoms with Gasteiger partial charge in [0.25, 0.3) is 0 Å². The first-order valence-electron chi connectivity index (χ1n) is 7.37. The summed E-state index contributed by atoms with van der Waals surface area (Å²) in [4.78, 5) is 25.4. The molecule has 1 saturated heterocycles. The van der Waals surface area contributed by atoms with E-state index in [-0.39, 0.29) is 24.0 Å². The molecule has 0 aliphatic carbocycles. The lowest BCUT2D eigenvalue weighted by Gasteiger charge is -2.32. The molecule has 0 unspecified atom stereocenters. The third-order valence-electron chi connectivity index (χ3n) is 3.35. The van der Waals surface area contributed by atoms with Gasteiger partial charge < -0.3 is 15.5 Å². The number of nitrogens with one attached hydrogen (secondary N) is 2. The van der Waals surface area contributed by atoms with Crippen LogP contribution in [0.15, 0.2) is 0 Å². The Labute approximate surface area is 116 Å². The number of unbranched alkanes of at least 4 members (excludes halogenated alkanes) is 1. The van der Waals surface area contributed by atoms with Crippen molar-refractivity contribution in [1.82, 2.24) is 15.5 Å². The Morgan fingerprint density at radius 1 is 1.26 bits per heavy atom. The number of nitrogens with zero attached hydrogens (tertiary/aromatic N) is 1. The van der Waals surface area contributed by atoms with Crippen molar-refractivity contribution in [3.63, 3.8) is 0 Å². The van der Waals surface area contributed by atoms with E-state index in [1.165, 1.54) is 0 Å². The van der Waals surface area contributed by atoms with Crippen LogP contribution in [-0.4, -0.2) is 42.0 Å². The zero-order valence-electron chi connectivity index (χ0n) is 12.4. The first-order chi connectivity index (χ1) is 9.02. The smallest absolute Gasteiger partial charge is 0.315 e. The molecule has 0 bridgehead atoms. The van der Waals surface area contributed by atoms with Crippen LogP contribution in [0.25, 0.3) is 0 Å². The molecule has 2 N–H and O–H groups in total. The molecule has 0 aromatic carbocycles. The van der Waals surface area contributed by atoms with E-state index in [0.29, 0.717) is 6.42 Å². The molecule has 19 heavy (non-hydrogen) atoms. The fraction of sp³-hybridized carbons (Fsp3) is 0.857. The average Bonchev–Trinajstić information content (AvgIpc) is 2.35. The van der Waals surface area contributed by atoms with Gasteiger partial charge in [0.2, 0.25) is 5.91 Å². The molecule has 110 valence electrons. The molecule has 0 aromatic heterocycles. The summed E-state index contributed by atoms with van der Waals surface area (Å²) in [5, 5.41) is 5.79. The Morgan fingerprint density at radius 2 is 1.89 bits per heavy atom. The maximum absolute atomic E-state index is 11.9. The third kappa shape index (κ3) is 5.94. The second-order valence-electron chi connectivity index (χ2n) is 5.53. The van der Waals surface area contributed by atoms with Crippen LogP contribution in [0.2, 0.25) is 0 Å². The van der Waals surface area contributed by atoms with Gasteiger partial charge in [0.05, 0.1) is 0 Å². The summed E-state index contributed by atoms with van der Waals surface area (Å²) in [6.45, 7) is 7.49. The van der Waals surface area contributed by atoms with Crippen LogP contribution < -0.4 is 10.6 Å². The fourth-order valence-electron chi connectivity index (χ4n) is 2.25. The lowest BCUT2D eigenvalue weighted by atomic mass is 10.0. The van der Waals surface area contributed by atoms with Gasteiger partial charge >= 0.3 is 6.03 Å². The van der Waals surface area contributed by atoms with Crippen LogP contribution in [0.1, 0.15) is 52.9 Å². The number of carbonyl (C=O) groups is 2. The molecule has 1 rings (SSSR count). The van der Waals surface area contributed by atoms with Crippen molar-refractivity contribution in [2.45, 2.75) is 65.0 Å². The molecule has 5 nitrogen and oxygen atoms in total. The molecule has 0 spiro atoms. The number of piperidine rings is 1. The number of urea groups is 1. The van der Waals surface area contributed by atoms with Crippen molar-refractivity contribution in [2.24, 2.45) is 0 Å². The molecule has 3 amide bonds. The highest BCUT2D eigenvalue weighted by Gasteiger charge is 2.23. The van der Waals surface area contributed by atoms with Gasteiger partial charge in [-0.1, -0.05) is 13.3 Å². The maximum Gasteiger partial charge on any atom is 0.315 e.